The zero-order chi connectivity index (χ0) is 20.4. The molecule has 4 rings (SSSR count). The number of fused-ring (bicyclic) bond motifs is 2. The first kappa shape index (κ1) is 20.3. The number of anilines is 2. The highest BCUT2D eigenvalue weighted by atomic mass is 79.9. The fraction of sp³-hybridized carbons (Fsp3) is 0.261. The molecular weight excluding hydrogens is 446 g/mol. The first-order chi connectivity index (χ1) is 14.1. The lowest BCUT2D eigenvalue weighted by Crippen LogP contribution is -2.29. The Hall–Kier alpha value is -2.02. The topological polar surface area (TPSA) is 45.2 Å². The molecule has 3 aromatic rings. The van der Waals surface area contributed by atoms with Crippen LogP contribution in [-0.4, -0.2) is 22.3 Å². The van der Waals surface area contributed by atoms with Gasteiger partial charge in [0.1, 0.15) is 10.8 Å². The number of hydrogen-bond donors (Lipinski definition) is 1. The molecule has 150 valence electrons. The number of rotatable bonds is 6. The first-order valence-electron chi connectivity index (χ1n) is 9.76. The van der Waals surface area contributed by atoms with Crippen molar-refractivity contribution in [3.8, 4) is 0 Å². The monoisotopic (exact) mass is 469 g/mol. The zero-order valence-corrected chi connectivity index (χ0v) is 19.0. The van der Waals surface area contributed by atoms with Crippen molar-refractivity contribution in [3.63, 3.8) is 0 Å². The summed E-state index contributed by atoms with van der Waals surface area (Å²) in [5.41, 5.74) is 5.68. The van der Waals surface area contributed by atoms with Crippen LogP contribution in [0.2, 0.25) is 0 Å². The second kappa shape index (κ2) is 8.78. The fourth-order valence-corrected chi connectivity index (χ4v) is 5.33. The predicted molar refractivity (Wildman–Crippen MR) is 122 cm³/mol. The molecule has 2 heterocycles. The van der Waals surface area contributed by atoms with E-state index >= 15 is 0 Å². The van der Waals surface area contributed by atoms with E-state index < -0.39 is 10.8 Å². The van der Waals surface area contributed by atoms with E-state index in [9.17, 15) is 4.21 Å². The highest BCUT2D eigenvalue weighted by Crippen LogP contribution is 2.44. The maximum absolute atomic E-state index is 13.2. The van der Waals surface area contributed by atoms with E-state index in [1.54, 1.807) is 6.20 Å². The Bertz CT molecular complexity index is 1060. The van der Waals surface area contributed by atoms with E-state index in [1.165, 1.54) is 16.7 Å². The average molecular weight is 470 g/mol. The largest absolute Gasteiger partial charge is 0.338 e. The van der Waals surface area contributed by atoms with E-state index in [2.05, 4.69) is 75.3 Å². The van der Waals surface area contributed by atoms with Crippen LogP contribution in [0.3, 0.4) is 0 Å². The van der Waals surface area contributed by atoms with Gasteiger partial charge in [-0.15, -0.1) is 0 Å². The molecule has 0 fully saturated rings. The van der Waals surface area contributed by atoms with E-state index in [0.29, 0.717) is 5.03 Å². The van der Waals surface area contributed by atoms with Crippen molar-refractivity contribution >= 4 is 38.1 Å². The molecule has 6 heteroatoms. The second-order valence-corrected chi connectivity index (χ2v) is 9.55. The number of pyridine rings is 1. The number of aryl methyl sites for hydroxylation is 1. The fourth-order valence-electron chi connectivity index (χ4n) is 3.66. The molecule has 2 aromatic carbocycles. The standard InChI is InChI=1S/C23H24BrN3OS/c1-16-9-10-21-22(17(16)2)27(20-13-19(24)15-26-23(20)29(21)28)12-6-11-25-14-18-7-4-3-5-8-18/h3-5,7-10,13,15,25H,6,11-12,14H2,1-2H3. The molecule has 1 aliphatic rings. The highest BCUT2D eigenvalue weighted by molar-refractivity contribution is 9.10. The number of hydrogen-bond acceptors (Lipinski definition) is 4. The van der Waals surface area contributed by atoms with Crippen LogP contribution in [0.25, 0.3) is 0 Å². The van der Waals surface area contributed by atoms with Crippen LogP contribution in [0.15, 0.2) is 69.1 Å². The van der Waals surface area contributed by atoms with Crippen LogP contribution in [0.4, 0.5) is 11.4 Å². The van der Waals surface area contributed by atoms with Crippen LogP contribution in [0.1, 0.15) is 23.1 Å². The molecule has 1 aliphatic heterocycles. The Labute approximate surface area is 183 Å². The van der Waals surface area contributed by atoms with Gasteiger partial charge in [-0.3, -0.25) is 0 Å². The maximum atomic E-state index is 13.2. The summed E-state index contributed by atoms with van der Waals surface area (Å²) in [6, 6.07) is 16.5. The van der Waals surface area contributed by atoms with Gasteiger partial charge in [0.15, 0.2) is 5.03 Å². The average Bonchev–Trinajstić information content (AvgIpc) is 2.73. The summed E-state index contributed by atoms with van der Waals surface area (Å²) in [6.07, 6.45) is 2.70. The normalized spacial score (nSPS) is 15.1. The Morgan fingerprint density at radius 2 is 1.93 bits per heavy atom. The molecule has 29 heavy (non-hydrogen) atoms. The third-order valence-corrected chi connectivity index (χ3v) is 7.14. The number of nitrogens with one attached hydrogen (secondary N) is 1. The zero-order valence-electron chi connectivity index (χ0n) is 16.6. The molecule has 0 amide bonds. The van der Waals surface area contributed by atoms with Crippen molar-refractivity contribution in [2.75, 3.05) is 18.0 Å². The van der Waals surface area contributed by atoms with Gasteiger partial charge in [-0.2, -0.15) is 0 Å². The van der Waals surface area contributed by atoms with Gasteiger partial charge in [-0.25, -0.2) is 9.19 Å². The summed E-state index contributed by atoms with van der Waals surface area (Å²) in [5.74, 6) is 0. The summed E-state index contributed by atoms with van der Waals surface area (Å²) in [6.45, 7) is 6.82. The van der Waals surface area contributed by atoms with E-state index in [1.807, 2.05) is 18.2 Å². The second-order valence-electron chi connectivity index (χ2n) is 7.27. The van der Waals surface area contributed by atoms with Crippen LogP contribution >= 0.6 is 15.9 Å². The van der Waals surface area contributed by atoms with Crippen molar-refractivity contribution in [2.45, 2.75) is 36.7 Å². The van der Waals surface area contributed by atoms with Crippen molar-refractivity contribution < 1.29 is 4.21 Å². The number of benzene rings is 2. The van der Waals surface area contributed by atoms with Gasteiger partial charge in [0.2, 0.25) is 0 Å². The van der Waals surface area contributed by atoms with Crippen LogP contribution in [0.5, 0.6) is 0 Å². The van der Waals surface area contributed by atoms with Crippen LogP contribution in [0, 0.1) is 13.8 Å². The lowest BCUT2D eigenvalue weighted by atomic mass is 10.1. The summed E-state index contributed by atoms with van der Waals surface area (Å²) < 4.78 is 14.1. The van der Waals surface area contributed by atoms with Crippen molar-refractivity contribution in [1.82, 2.24) is 10.3 Å². The molecule has 0 radical (unpaired) electrons. The van der Waals surface area contributed by atoms with Gasteiger partial charge in [0.05, 0.1) is 16.3 Å². The van der Waals surface area contributed by atoms with Crippen LogP contribution < -0.4 is 10.2 Å². The molecule has 1 aromatic heterocycles. The number of aromatic nitrogens is 1. The first-order valence-corrected chi connectivity index (χ1v) is 11.7. The van der Waals surface area contributed by atoms with Crippen LogP contribution in [-0.2, 0) is 17.3 Å². The van der Waals surface area contributed by atoms with Gasteiger partial charge in [-0.1, -0.05) is 36.4 Å². The van der Waals surface area contributed by atoms with Crippen molar-refractivity contribution in [1.29, 1.82) is 0 Å². The Morgan fingerprint density at radius 3 is 2.72 bits per heavy atom. The van der Waals surface area contributed by atoms with Gasteiger partial charge in [-0.05, 0) is 71.6 Å². The SMILES string of the molecule is Cc1ccc2c(c1C)N(CCCNCc1ccccc1)c1cc(Br)cnc1S2=O. The molecule has 0 spiro atoms. The molecular formula is C23H24BrN3OS. The summed E-state index contributed by atoms with van der Waals surface area (Å²) >= 11 is 3.53. The Kier molecular flexibility index (Phi) is 6.13. The quantitative estimate of drug-likeness (QED) is 0.500. The smallest absolute Gasteiger partial charge is 0.155 e. The van der Waals surface area contributed by atoms with Gasteiger partial charge >= 0.3 is 0 Å². The molecule has 0 bridgehead atoms. The third-order valence-electron chi connectivity index (χ3n) is 5.31. The van der Waals surface area contributed by atoms with Gasteiger partial charge < -0.3 is 10.2 Å². The summed E-state index contributed by atoms with van der Waals surface area (Å²) in [7, 11) is -1.26. The third kappa shape index (κ3) is 4.15. The van der Waals surface area contributed by atoms with Crippen molar-refractivity contribution in [2.24, 2.45) is 0 Å². The lowest BCUT2D eigenvalue weighted by molar-refractivity contribution is 0.645. The molecule has 0 saturated heterocycles. The summed E-state index contributed by atoms with van der Waals surface area (Å²) in [4.78, 5) is 7.62. The maximum Gasteiger partial charge on any atom is 0.155 e. The molecule has 1 atom stereocenters. The highest BCUT2D eigenvalue weighted by Gasteiger charge is 2.31. The Morgan fingerprint density at radius 1 is 1.14 bits per heavy atom. The minimum Gasteiger partial charge on any atom is -0.338 e. The molecule has 0 saturated carbocycles. The number of nitrogens with zero attached hydrogens (tertiary/aromatic N) is 2. The van der Waals surface area contributed by atoms with E-state index in [0.717, 1.165) is 46.8 Å². The molecule has 1 unspecified atom stereocenters. The predicted octanol–water partition coefficient (Wildman–Crippen LogP) is 5.26. The molecule has 0 aliphatic carbocycles. The minimum absolute atomic E-state index is 0.640. The summed E-state index contributed by atoms with van der Waals surface area (Å²) in [5, 5.41) is 4.16. The van der Waals surface area contributed by atoms with Crippen molar-refractivity contribution in [3.05, 3.63) is 75.9 Å². The Balaban J connectivity index is 1.56. The van der Waals surface area contributed by atoms with E-state index in [4.69, 9.17) is 0 Å². The van der Waals surface area contributed by atoms with Gasteiger partial charge in [0.25, 0.3) is 0 Å². The van der Waals surface area contributed by atoms with Gasteiger partial charge in [0, 0.05) is 23.8 Å². The minimum atomic E-state index is -1.26. The lowest BCUT2D eigenvalue weighted by Gasteiger charge is -2.34. The molecule has 1 N–H and O–H groups in total. The molecule has 4 nitrogen and oxygen atoms in total. The van der Waals surface area contributed by atoms with E-state index in [-0.39, 0.29) is 0 Å². The number of halogens is 1.